The van der Waals surface area contributed by atoms with Crippen LogP contribution in [-0.4, -0.2) is 99.8 Å². The number of carbonyl (C=O) groups excluding carboxylic acids is 1. The predicted octanol–water partition coefficient (Wildman–Crippen LogP) is 8.54. The zero-order valence-electron chi connectivity index (χ0n) is 36.2. The number of ether oxygens (including phenoxy) is 2. The van der Waals surface area contributed by atoms with Crippen molar-refractivity contribution in [2.24, 2.45) is 11.3 Å². The molecule has 17 heteroatoms. The lowest BCUT2D eigenvalue weighted by Gasteiger charge is -2.38. The van der Waals surface area contributed by atoms with Gasteiger partial charge in [-0.2, -0.15) is 4.98 Å². The smallest absolute Gasteiger partial charge is 0.293 e. The number of piperazine rings is 1. The number of pyridine rings is 1. The van der Waals surface area contributed by atoms with E-state index in [0.29, 0.717) is 67.6 Å². The number of nitrogens with one attached hydrogen (secondary N) is 3. The molecule has 0 radical (unpaired) electrons. The summed E-state index contributed by atoms with van der Waals surface area (Å²) in [7, 11) is -4.56. The van der Waals surface area contributed by atoms with Crippen LogP contribution in [0, 0.1) is 21.4 Å². The first-order valence-corrected chi connectivity index (χ1v) is 24.5. The maximum absolute atomic E-state index is 14.4. The molecule has 0 bridgehead atoms. The Hall–Kier alpha value is -5.68. The van der Waals surface area contributed by atoms with Crippen LogP contribution in [0.2, 0.25) is 5.02 Å². The predicted molar refractivity (Wildman–Crippen MR) is 252 cm³/mol. The molecule has 10 rings (SSSR count). The van der Waals surface area contributed by atoms with E-state index < -0.39 is 31.4 Å². The van der Waals surface area contributed by atoms with Gasteiger partial charge in [0.2, 0.25) is 5.88 Å². The van der Waals surface area contributed by atoms with Crippen molar-refractivity contribution in [1.82, 2.24) is 19.6 Å². The van der Waals surface area contributed by atoms with Gasteiger partial charge in [0.25, 0.3) is 21.6 Å². The molecular weight excluding hydrogens is 868 g/mol. The van der Waals surface area contributed by atoms with Gasteiger partial charge in [-0.3, -0.25) is 19.8 Å². The topological polar surface area (TPSA) is 175 Å². The fourth-order valence-electron chi connectivity index (χ4n) is 9.97. The average Bonchev–Trinajstić information content (AvgIpc) is 3.96. The van der Waals surface area contributed by atoms with Crippen LogP contribution in [0.25, 0.3) is 16.6 Å². The van der Waals surface area contributed by atoms with Crippen LogP contribution in [0.5, 0.6) is 5.88 Å². The number of nitro benzene ring substituents is 1. The Bertz CT molecular complexity index is 2760. The first-order valence-electron chi connectivity index (χ1n) is 22.6. The molecule has 1 saturated carbocycles. The van der Waals surface area contributed by atoms with Crippen LogP contribution >= 0.6 is 11.6 Å². The number of aromatic amines is 1. The SMILES string of the molecule is O=C(NS(=O)(=O)c1ccc(NCC2CCOCC2)c([N+](=O)[O-])c1)c1ccc(N2CCN(CC3=C(c4ccc(Cl)cc4)CCC4(CC4)C3)CC2)cc1N1CCCOc2nc3[nH]ccc3cc21. The van der Waals surface area contributed by atoms with Crippen LogP contribution < -0.4 is 24.6 Å². The van der Waals surface area contributed by atoms with Crippen LogP contribution in [0.3, 0.4) is 0 Å². The molecule has 0 unspecified atom stereocenters. The van der Waals surface area contributed by atoms with Gasteiger partial charge < -0.3 is 29.6 Å². The van der Waals surface area contributed by atoms with Gasteiger partial charge in [0.15, 0.2) is 0 Å². The maximum atomic E-state index is 14.4. The van der Waals surface area contributed by atoms with Crippen molar-refractivity contribution >= 4 is 72.6 Å². The van der Waals surface area contributed by atoms with Crippen molar-refractivity contribution in [2.75, 3.05) is 80.8 Å². The normalized spacial score (nSPS) is 19.2. The molecule has 3 aromatic carbocycles. The number of benzene rings is 3. The first kappa shape index (κ1) is 43.2. The summed E-state index contributed by atoms with van der Waals surface area (Å²) in [4.78, 5) is 40.3. The molecule has 5 heterocycles. The summed E-state index contributed by atoms with van der Waals surface area (Å²) in [5, 5.41) is 16.9. The fraction of sp³-hybridized carbons (Fsp3) is 0.417. The minimum absolute atomic E-state index is 0.121. The Morgan fingerprint density at radius 1 is 0.938 bits per heavy atom. The monoisotopic (exact) mass is 920 g/mol. The van der Waals surface area contributed by atoms with Gasteiger partial charge in [0.1, 0.15) is 17.0 Å². The zero-order chi connectivity index (χ0) is 44.7. The zero-order valence-corrected chi connectivity index (χ0v) is 37.8. The minimum Gasteiger partial charge on any atom is -0.476 e. The summed E-state index contributed by atoms with van der Waals surface area (Å²) in [6, 6.07) is 21.3. The van der Waals surface area contributed by atoms with Gasteiger partial charge in [-0.1, -0.05) is 29.3 Å². The van der Waals surface area contributed by atoms with Crippen molar-refractivity contribution in [1.29, 1.82) is 0 Å². The van der Waals surface area contributed by atoms with Crippen LogP contribution in [0.4, 0.5) is 28.4 Å². The molecule has 1 spiro atoms. The van der Waals surface area contributed by atoms with E-state index in [1.165, 1.54) is 48.1 Å². The number of allylic oxidation sites excluding steroid dienone is 1. The molecule has 1 amide bonds. The van der Waals surface area contributed by atoms with E-state index in [1.54, 1.807) is 12.3 Å². The Kier molecular flexibility index (Phi) is 11.9. The number of halogens is 1. The molecule has 5 aliphatic rings. The van der Waals surface area contributed by atoms with E-state index in [1.807, 2.05) is 41.3 Å². The number of aromatic nitrogens is 2. The molecule has 65 heavy (non-hydrogen) atoms. The van der Waals surface area contributed by atoms with Gasteiger partial charge in [0, 0.05) is 87.4 Å². The molecule has 340 valence electrons. The van der Waals surface area contributed by atoms with Crippen molar-refractivity contribution in [3.63, 3.8) is 0 Å². The Morgan fingerprint density at radius 3 is 2.51 bits per heavy atom. The third kappa shape index (κ3) is 9.26. The summed E-state index contributed by atoms with van der Waals surface area (Å²) in [6.45, 7) is 6.77. The molecule has 2 aromatic heterocycles. The highest BCUT2D eigenvalue weighted by molar-refractivity contribution is 7.90. The van der Waals surface area contributed by atoms with Crippen molar-refractivity contribution in [3.05, 3.63) is 111 Å². The highest BCUT2D eigenvalue weighted by atomic mass is 35.5. The molecule has 3 fully saturated rings. The number of hydrogen-bond donors (Lipinski definition) is 3. The second-order valence-electron chi connectivity index (χ2n) is 18.1. The molecule has 0 atom stereocenters. The van der Waals surface area contributed by atoms with E-state index in [9.17, 15) is 23.3 Å². The van der Waals surface area contributed by atoms with Crippen molar-refractivity contribution < 1.29 is 27.6 Å². The van der Waals surface area contributed by atoms with Gasteiger partial charge in [-0.15, -0.1) is 0 Å². The number of hydrogen-bond acceptors (Lipinski definition) is 12. The Morgan fingerprint density at radius 2 is 1.74 bits per heavy atom. The summed E-state index contributed by atoms with van der Waals surface area (Å²) in [5.41, 5.74) is 7.38. The first-order chi connectivity index (χ1) is 31.5. The summed E-state index contributed by atoms with van der Waals surface area (Å²) >= 11 is 6.27. The number of carbonyl (C=O) groups is 1. The van der Waals surface area contributed by atoms with Gasteiger partial charge >= 0.3 is 0 Å². The summed E-state index contributed by atoms with van der Waals surface area (Å²) < 4.78 is 41.7. The lowest BCUT2D eigenvalue weighted by Crippen LogP contribution is -2.47. The molecule has 3 N–H and O–H groups in total. The largest absolute Gasteiger partial charge is 0.476 e. The number of anilines is 4. The van der Waals surface area contributed by atoms with Crippen LogP contribution in [-0.2, 0) is 14.8 Å². The second-order valence-corrected chi connectivity index (χ2v) is 20.2. The van der Waals surface area contributed by atoms with Crippen molar-refractivity contribution in [3.8, 4) is 5.88 Å². The number of rotatable bonds is 12. The maximum Gasteiger partial charge on any atom is 0.293 e. The van der Waals surface area contributed by atoms with E-state index in [4.69, 9.17) is 26.1 Å². The second kappa shape index (κ2) is 17.9. The standard InChI is InChI=1S/C48H53ClN8O7S/c49-36-4-2-33(3-5-36)39-10-14-48(15-16-48)29-35(39)31-54-19-21-55(22-20-54)37-6-8-40(42(27-37)56-18-1-23-64-47-44(56)26-34-11-17-50-45(34)52-47)46(58)53-65(61,62)38-7-9-41(43(28-38)57(59)60)51-30-32-12-24-63-25-13-32/h2-9,11,17,26-28,32,51H,1,10,12-16,18-25,29-31H2,(H,50,52)(H,53,58). The molecule has 3 aliphatic heterocycles. The van der Waals surface area contributed by atoms with Crippen LogP contribution in [0.15, 0.2) is 89.5 Å². The fourth-order valence-corrected chi connectivity index (χ4v) is 11.1. The number of nitrogens with zero attached hydrogens (tertiary/aromatic N) is 5. The highest BCUT2D eigenvalue weighted by Crippen LogP contribution is 2.58. The molecule has 5 aromatic rings. The van der Waals surface area contributed by atoms with Gasteiger partial charge in [-0.05, 0) is 128 Å². The lowest BCUT2D eigenvalue weighted by atomic mass is 9.79. The molecule has 15 nitrogen and oxygen atoms in total. The van der Waals surface area contributed by atoms with E-state index >= 15 is 0 Å². The number of sulfonamides is 1. The van der Waals surface area contributed by atoms with Crippen molar-refractivity contribution in [2.45, 2.75) is 56.3 Å². The minimum atomic E-state index is -4.56. The Balaban J connectivity index is 0.920. The van der Waals surface area contributed by atoms with Crippen LogP contribution in [0.1, 0.15) is 67.3 Å². The van der Waals surface area contributed by atoms with Gasteiger partial charge in [0.05, 0.1) is 27.7 Å². The summed E-state index contributed by atoms with van der Waals surface area (Å²) in [6.07, 6.45) is 10.2. The van der Waals surface area contributed by atoms with Gasteiger partial charge in [-0.25, -0.2) is 13.1 Å². The van der Waals surface area contributed by atoms with E-state index in [0.717, 1.165) is 80.6 Å². The Labute approximate surface area is 383 Å². The third-order valence-electron chi connectivity index (χ3n) is 13.9. The number of fused-ring (bicyclic) bond motifs is 2. The summed E-state index contributed by atoms with van der Waals surface area (Å²) in [5.74, 6) is -0.192. The average molecular weight is 922 g/mol. The number of H-pyrrole nitrogens is 1. The number of nitro groups is 1. The molecular formula is C48H53ClN8O7S. The van der Waals surface area contributed by atoms with E-state index in [2.05, 4.69) is 37.0 Å². The number of amides is 1. The quantitative estimate of drug-likeness (QED) is 0.0805. The third-order valence-corrected chi connectivity index (χ3v) is 15.5. The highest BCUT2D eigenvalue weighted by Gasteiger charge is 2.45. The lowest BCUT2D eigenvalue weighted by molar-refractivity contribution is -0.384. The molecule has 2 saturated heterocycles. The molecule has 2 aliphatic carbocycles. The van der Waals surface area contributed by atoms with E-state index in [-0.39, 0.29) is 17.2 Å².